The molecule has 35 heavy (non-hydrogen) atoms. The Balaban J connectivity index is 1.56. The first kappa shape index (κ1) is 23.5. The van der Waals surface area contributed by atoms with E-state index in [2.05, 4.69) is 70.9 Å². The zero-order chi connectivity index (χ0) is 24.7. The zero-order valence-electron chi connectivity index (χ0n) is 21.1. The first-order valence-electron chi connectivity index (χ1n) is 12.8. The first-order valence-corrected chi connectivity index (χ1v) is 12.8. The molecule has 3 aromatic rings. The third-order valence-corrected chi connectivity index (χ3v) is 7.85. The largest absolute Gasteiger partial charge is 0.349 e. The van der Waals surface area contributed by atoms with Gasteiger partial charge in [0.25, 0.3) is 0 Å². The molecule has 1 saturated heterocycles. The van der Waals surface area contributed by atoms with E-state index in [-0.39, 0.29) is 11.7 Å². The molecule has 0 amide bonds. The van der Waals surface area contributed by atoms with Gasteiger partial charge in [0, 0.05) is 38.3 Å². The van der Waals surface area contributed by atoms with Gasteiger partial charge in [-0.1, -0.05) is 43.7 Å². The van der Waals surface area contributed by atoms with Crippen LogP contribution in [0.4, 0.5) is 5.82 Å². The lowest BCUT2D eigenvalue weighted by molar-refractivity contribution is 0.0801. The lowest BCUT2D eigenvalue weighted by Gasteiger charge is -2.50. The van der Waals surface area contributed by atoms with E-state index >= 15 is 0 Å². The lowest BCUT2D eigenvalue weighted by atomic mass is 9.93. The molecule has 3 heterocycles. The number of pyridine rings is 1. The second-order valence-electron chi connectivity index (χ2n) is 10.1. The van der Waals surface area contributed by atoms with E-state index in [0.717, 1.165) is 25.9 Å². The molecule has 0 spiro atoms. The van der Waals surface area contributed by atoms with E-state index in [1.54, 1.807) is 13.1 Å². The lowest BCUT2D eigenvalue weighted by Crippen LogP contribution is -2.59. The van der Waals surface area contributed by atoms with Gasteiger partial charge in [0.2, 0.25) is 0 Å². The van der Waals surface area contributed by atoms with Crippen LogP contribution in [0.5, 0.6) is 0 Å². The zero-order valence-corrected chi connectivity index (χ0v) is 21.1. The van der Waals surface area contributed by atoms with E-state index in [9.17, 15) is 10.1 Å². The van der Waals surface area contributed by atoms with Crippen LogP contribution < -0.4 is 10.6 Å². The summed E-state index contributed by atoms with van der Waals surface area (Å²) in [7, 11) is 1.71. The molecule has 1 aromatic carbocycles. The van der Waals surface area contributed by atoms with Crippen LogP contribution in [-0.2, 0) is 7.05 Å². The van der Waals surface area contributed by atoms with Crippen molar-refractivity contribution in [1.82, 2.24) is 19.4 Å². The third kappa shape index (κ3) is 4.32. The number of benzene rings is 1. The van der Waals surface area contributed by atoms with E-state index in [1.165, 1.54) is 28.5 Å². The second-order valence-corrected chi connectivity index (χ2v) is 10.1. The molecule has 5 rings (SSSR count). The average molecular weight is 471 g/mol. The molecular weight excluding hydrogens is 436 g/mol. The first-order chi connectivity index (χ1) is 16.9. The molecule has 2 fully saturated rings. The number of aryl methyl sites for hydroxylation is 2. The van der Waals surface area contributed by atoms with Crippen LogP contribution in [0.25, 0.3) is 11.0 Å². The van der Waals surface area contributed by atoms with E-state index in [4.69, 9.17) is 0 Å². The Morgan fingerprint density at radius 3 is 2.37 bits per heavy atom. The van der Waals surface area contributed by atoms with Crippen LogP contribution in [0.2, 0.25) is 0 Å². The molecule has 2 aliphatic rings. The quantitative estimate of drug-likeness (QED) is 0.533. The van der Waals surface area contributed by atoms with Crippen LogP contribution in [-0.4, -0.2) is 44.6 Å². The smallest absolute Gasteiger partial charge is 0.349 e. The molecular formula is C28H34N6O. The summed E-state index contributed by atoms with van der Waals surface area (Å²) in [5, 5.41) is 9.46. The van der Waals surface area contributed by atoms with Gasteiger partial charge in [-0.05, 0) is 56.2 Å². The van der Waals surface area contributed by atoms with Crippen molar-refractivity contribution in [3.05, 3.63) is 63.7 Å². The normalized spacial score (nSPS) is 21.7. The maximum atomic E-state index is 12.8. The highest BCUT2D eigenvalue weighted by atomic mass is 16.1. The molecule has 7 nitrogen and oxygen atoms in total. The molecule has 7 heteroatoms. The van der Waals surface area contributed by atoms with Gasteiger partial charge in [-0.25, -0.2) is 9.78 Å². The van der Waals surface area contributed by atoms with Gasteiger partial charge in [-0.3, -0.25) is 9.47 Å². The van der Waals surface area contributed by atoms with Crippen LogP contribution in [0.3, 0.4) is 0 Å². The van der Waals surface area contributed by atoms with Crippen molar-refractivity contribution in [1.29, 1.82) is 5.26 Å². The summed E-state index contributed by atoms with van der Waals surface area (Å²) < 4.78 is 1.52. The standard InChI is InChI=1S/C28H34N6O/c1-5-22-17-34(27-25-24(32(4)28(35)31-27)14-13-21(15-29)30-25)23(6-2)16-33(22)26(20-11-12-20)19-9-7-18(3)8-10-19/h7-10,13-14,20,22-23,26H,5-6,11-12,16-17H2,1-4H3/t22-,23+,26-/m1/s1. The van der Waals surface area contributed by atoms with Crippen molar-refractivity contribution >= 4 is 16.9 Å². The SMILES string of the molecule is CC[C@H]1CN([C@H](c2ccc(C)cc2)C2CC2)[C@H](CC)CN1c1nc(=O)n(C)c2ccc(C#N)nc12. The fourth-order valence-corrected chi connectivity index (χ4v) is 5.67. The van der Waals surface area contributed by atoms with Crippen LogP contribution in [0, 0.1) is 24.2 Å². The Morgan fingerprint density at radius 2 is 1.74 bits per heavy atom. The molecule has 182 valence electrons. The van der Waals surface area contributed by atoms with Gasteiger partial charge in [-0.15, -0.1) is 0 Å². The maximum Gasteiger partial charge on any atom is 0.349 e. The summed E-state index contributed by atoms with van der Waals surface area (Å²) in [6, 6.07) is 15.7. The minimum absolute atomic E-state index is 0.208. The molecule has 0 unspecified atom stereocenters. The molecule has 0 radical (unpaired) electrons. The maximum absolute atomic E-state index is 12.8. The number of anilines is 1. The summed E-state index contributed by atoms with van der Waals surface area (Å²) in [4.78, 5) is 26.9. The van der Waals surface area contributed by atoms with Crippen molar-refractivity contribution < 1.29 is 0 Å². The Hall–Kier alpha value is -3.24. The van der Waals surface area contributed by atoms with Crippen LogP contribution >= 0.6 is 0 Å². The van der Waals surface area contributed by atoms with Crippen LogP contribution in [0.1, 0.15) is 62.4 Å². The van der Waals surface area contributed by atoms with Gasteiger partial charge in [0.1, 0.15) is 17.3 Å². The van der Waals surface area contributed by atoms with Crippen molar-refractivity contribution in [3.63, 3.8) is 0 Å². The van der Waals surface area contributed by atoms with Gasteiger partial charge in [0.05, 0.1) is 5.52 Å². The molecule has 1 saturated carbocycles. The Kier molecular flexibility index (Phi) is 6.33. The summed E-state index contributed by atoms with van der Waals surface area (Å²) in [5.41, 5.74) is 4.09. The van der Waals surface area contributed by atoms with Gasteiger partial charge >= 0.3 is 5.69 Å². The van der Waals surface area contributed by atoms with Crippen molar-refractivity contribution in [2.75, 3.05) is 18.0 Å². The number of fused-ring (bicyclic) bond motifs is 1. The van der Waals surface area contributed by atoms with E-state index < -0.39 is 0 Å². The third-order valence-electron chi connectivity index (χ3n) is 7.85. The Bertz CT molecular complexity index is 1320. The van der Waals surface area contributed by atoms with Gasteiger partial charge < -0.3 is 4.90 Å². The summed E-state index contributed by atoms with van der Waals surface area (Å²) in [6.07, 6.45) is 4.53. The van der Waals surface area contributed by atoms with Crippen molar-refractivity contribution in [2.45, 2.75) is 64.6 Å². The summed E-state index contributed by atoms with van der Waals surface area (Å²) >= 11 is 0. The fraction of sp³-hybridized carbons (Fsp3) is 0.500. The monoisotopic (exact) mass is 470 g/mol. The minimum Gasteiger partial charge on any atom is -0.349 e. The number of piperazine rings is 1. The highest BCUT2D eigenvalue weighted by Crippen LogP contribution is 2.47. The number of rotatable bonds is 6. The van der Waals surface area contributed by atoms with Crippen molar-refractivity contribution in [2.24, 2.45) is 13.0 Å². The highest BCUT2D eigenvalue weighted by molar-refractivity contribution is 5.86. The molecule has 1 aliphatic heterocycles. The Morgan fingerprint density at radius 1 is 1.03 bits per heavy atom. The molecule has 2 aromatic heterocycles. The highest BCUT2D eigenvalue weighted by Gasteiger charge is 2.43. The fourth-order valence-electron chi connectivity index (χ4n) is 5.67. The van der Waals surface area contributed by atoms with Crippen LogP contribution in [0.15, 0.2) is 41.2 Å². The molecule has 0 bridgehead atoms. The molecule has 0 N–H and O–H groups in total. The number of nitriles is 1. The van der Waals surface area contributed by atoms with Crippen molar-refractivity contribution in [3.8, 4) is 6.07 Å². The predicted molar refractivity (Wildman–Crippen MR) is 138 cm³/mol. The topological polar surface area (TPSA) is 78.0 Å². The minimum atomic E-state index is -0.292. The molecule has 1 aliphatic carbocycles. The number of hydrogen-bond acceptors (Lipinski definition) is 6. The van der Waals surface area contributed by atoms with Gasteiger partial charge in [-0.2, -0.15) is 10.2 Å². The second kappa shape index (κ2) is 9.43. The van der Waals surface area contributed by atoms with Gasteiger partial charge in [0.15, 0.2) is 5.82 Å². The number of nitrogens with zero attached hydrogens (tertiary/aromatic N) is 6. The average Bonchev–Trinajstić information content (AvgIpc) is 3.72. The number of hydrogen-bond donors (Lipinski definition) is 0. The predicted octanol–water partition coefficient (Wildman–Crippen LogP) is 4.34. The van der Waals surface area contributed by atoms with E-state index in [1.807, 2.05) is 6.07 Å². The summed E-state index contributed by atoms with van der Waals surface area (Å²) in [6.45, 7) is 8.31. The summed E-state index contributed by atoms with van der Waals surface area (Å²) in [5.74, 6) is 1.32. The van der Waals surface area contributed by atoms with E-state index in [0.29, 0.717) is 40.5 Å². The molecule has 3 atom stereocenters. The number of aromatic nitrogens is 3. The Labute approximate surface area is 207 Å².